The van der Waals surface area contributed by atoms with E-state index in [4.69, 9.17) is 14.2 Å². The first-order valence-electron chi connectivity index (χ1n) is 10.9. The monoisotopic (exact) mass is 496 g/mol. The third-order valence-corrected chi connectivity index (χ3v) is 6.55. The van der Waals surface area contributed by atoms with Gasteiger partial charge in [-0.1, -0.05) is 23.8 Å². The van der Waals surface area contributed by atoms with Crippen LogP contribution in [0, 0.1) is 20.8 Å². The molecule has 1 heterocycles. The number of carbonyl (C=O) groups is 3. The first-order chi connectivity index (χ1) is 16.7. The predicted molar refractivity (Wildman–Crippen MR) is 136 cm³/mol. The molecule has 0 aliphatic rings. The molecule has 0 saturated heterocycles. The molecule has 2 aromatic carbocycles. The fourth-order valence-electron chi connectivity index (χ4n) is 3.64. The number of anilines is 2. The van der Waals surface area contributed by atoms with Crippen LogP contribution in [0.3, 0.4) is 0 Å². The highest BCUT2D eigenvalue weighted by Gasteiger charge is 2.28. The molecule has 9 heteroatoms. The van der Waals surface area contributed by atoms with E-state index in [9.17, 15) is 14.4 Å². The van der Waals surface area contributed by atoms with Gasteiger partial charge in [-0.05, 0) is 57.0 Å². The van der Waals surface area contributed by atoms with E-state index in [1.165, 1.54) is 14.2 Å². The Hall–Kier alpha value is -3.85. The Morgan fingerprint density at radius 3 is 2.11 bits per heavy atom. The average Bonchev–Trinajstić information content (AvgIpc) is 3.15. The summed E-state index contributed by atoms with van der Waals surface area (Å²) >= 11 is 1.00. The van der Waals surface area contributed by atoms with Crippen LogP contribution in [-0.4, -0.2) is 38.6 Å². The molecule has 0 spiro atoms. The van der Waals surface area contributed by atoms with Gasteiger partial charge in [0, 0.05) is 5.69 Å². The smallest absolute Gasteiger partial charge is 0.341 e. The Labute approximate surface area is 208 Å². The van der Waals surface area contributed by atoms with Crippen LogP contribution in [0.1, 0.15) is 54.0 Å². The lowest BCUT2D eigenvalue weighted by Gasteiger charge is -2.13. The second kappa shape index (κ2) is 11.1. The summed E-state index contributed by atoms with van der Waals surface area (Å²) in [6.45, 7) is 7.36. The molecule has 3 rings (SSSR count). The normalized spacial score (nSPS) is 10.5. The summed E-state index contributed by atoms with van der Waals surface area (Å²) < 4.78 is 15.9. The molecule has 0 bridgehead atoms. The largest absolute Gasteiger partial charge is 0.496 e. The average molecular weight is 497 g/mol. The minimum atomic E-state index is -0.630. The van der Waals surface area contributed by atoms with Crippen molar-refractivity contribution >= 4 is 39.8 Å². The van der Waals surface area contributed by atoms with Crippen molar-refractivity contribution in [1.29, 1.82) is 0 Å². The maximum absolute atomic E-state index is 13.2. The molecular weight excluding hydrogens is 468 g/mol. The zero-order valence-corrected chi connectivity index (χ0v) is 21.3. The molecule has 0 aliphatic heterocycles. The van der Waals surface area contributed by atoms with Gasteiger partial charge >= 0.3 is 5.97 Å². The molecular formula is C26H28N2O6S. The van der Waals surface area contributed by atoms with E-state index < -0.39 is 11.9 Å². The second-order valence-electron chi connectivity index (χ2n) is 7.74. The van der Waals surface area contributed by atoms with Crippen molar-refractivity contribution in [2.45, 2.75) is 27.7 Å². The van der Waals surface area contributed by atoms with Crippen molar-refractivity contribution in [2.24, 2.45) is 0 Å². The van der Waals surface area contributed by atoms with Crippen LogP contribution < -0.4 is 20.1 Å². The maximum atomic E-state index is 13.2. The van der Waals surface area contributed by atoms with E-state index in [0.717, 1.165) is 22.5 Å². The molecule has 0 radical (unpaired) electrons. The van der Waals surface area contributed by atoms with E-state index in [2.05, 4.69) is 10.6 Å². The van der Waals surface area contributed by atoms with Crippen molar-refractivity contribution < 1.29 is 28.6 Å². The van der Waals surface area contributed by atoms with Gasteiger partial charge in [-0.2, -0.15) is 0 Å². The van der Waals surface area contributed by atoms with E-state index >= 15 is 0 Å². The highest BCUT2D eigenvalue weighted by atomic mass is 32.1. The van der Waals surface area contributed by atoms with Gasteiger partial charge in [-0.15, -0.1) is 11.3 Å². The summed E-state index contributed by atoms with van der Waals surface area (Å²) in [4.78, 5) is 39.5. The number of thiophene rings is 1. The fraction of sp³-hybridized carbons (Fsp3) is 0.269. The van der Waals surface area contributed by atoms with Gasteiger partial charge in [0.1, 0.15) is 22.1 Å². The Kier molecular flexibility index (Phi) is 8.14. The van der Waals surface area contributed by atoms with Crippen molar-refractivity contribution in [3.05, 3.63) is 69.1 Å². The number of carbonyl (C=O) groups excluding carboxylic acids is 3. The van der Waals surface area contributed by atoms with Crippen LogP contribution in [-0.2, 0) is 4.74 Å². The summed E-state index contributed by atoms with van der Waals surface area (Å²) in [5.41, 5.74) is 3.36. The van der Waals surface area contributed by atoms with E-state index in [-0.39, 0.29) is 33.5 Å². The van der Waals surface area contributed by atoms with Crippen LogP contribution in [0.25, 0.3) is 0 Å². The Bertz CT molecular complexity index is 1260. The maximum Gasteiger partial charge on any atom is 0.341 e. The Balaban J connectivity index is 2.02. The van der Waals surface area contributed by atoms with Crippen LogP contribution in [0.15, 0.2) is 36.4 Å². The summed E-state index contributed by atoms with van der Waals surface area (Å²) in [5.74, 6) is -0.955. The van der Waals surface area contributed by atoms with Crippen molar-refractivity contribution in [1.82, 2.24) is 0 Å². The van der Waals surface area contributed by atoms with Crippen LogP contribution in [0.4, 0.5) is 10.7 Å². The number of esters is 1. The number of methoxy groups -OCH3 is 2. The van der Waals surface area contributed by atoms with Gasteiger partial charge in [0.15, 0.2) is 0 Å². The zero-order valence-electron chi connectivity index (χ0n) is 20.5. The number of hydrogen-bond donors (Lipinski definition) is 2. The first-order valence-corrected chi connectivity index (χ1v) is 11.7. The number of benzene rings is 2. The number of hydrogen-bond acceptors (Lipinski definition) is 7. The quantitative estimate of drug-likeness (QED) is 0.406. The number of ether oxygens (including phenoxy) is 3. The summed E-state index contributed by atoms with van der Waals surface area (Å²) in [6.07, 6.45) is 0. The van der Waals surface area contributed by atoms with Gasteiger partial charge in [-0.25, -0.2) is 4.79 Å². The van der Waals surface area contributed by atoms with Crippen molar-refractivity contribution in [3.8, 4) is 11.5 Å². The molecule has 35 heavy (non-hydrogen) atoms. The summed E-state index contributed by atoms with van der Waals surface area (Å²) in [6, 6.07) is 10.7. The van der Waals surface area contributed by atoms with Gasteiger partial charge in [0.05, 0.1) is 31.3 Å². The highest BCUT2D eigenvalue weighted by Crippen LogP contribution is 2.36. The highest BCUT2D eigenvalue weighted by molar-refractivity contribution is 7.19. The van der Waals surface area contributed by atoms with E-state index in [0.29, 0.717) is 22.7 Å². The van der Waals surface area contributed by atoms with Gasteiger partial charge in [-0.3, -0.25) is 9.59 Å². The molecule has 0 fully saturated rings. The molecule has 8 nitrogen and oxygen atoms in total. The topological polar surface area (TPSA) is 103 Å². The molecule has 1 aromatic heterocycles. The summed E-state index contributed by atoms with van der Waals surface area (Å²) in [5, 5.41) is 5.85. The van der Waals surface area contributed by atoms with Gasteiger partial charge in [0.2, 0.25) is 0 Å². The fourth-order valence-corrected chi connectivity index (χ4v) is 4.73. The lowest BCUT2D eigenvalue weighted by molar-refractivity contribution is 0.0527. The van der Waals surface area contributed by atoms with Gasteiger partial charge in [0.25, 0.3) is 11.8 Å². The molecule has 2 N–H and O–H groups in total. The number of aryl methyl sites for hydroxylation is 2. The van der Waals surface area contributed by atoms with Crippen LogP contribution in [0.5, 0.6) is 11.5 Å². The second-order valence-corrected chi connectivity index (χ2v) is 8.77. The number of rotatable bonds is 8. The lowest BCUT2D eigenvalue weighted by atomic mass is 10.1. The van der Waals surface area contributed by atoms with Crippen LogP contribution in [0.2, 0.25) is 0 Å². The SMILES string of the molecule is CCOC(=O)c1c(NC(=O)c2c(OC)cccc2OC)sc(C(=O)Nc2ccc(C)cc2C)c1C. The lowest BCUT2D eigenvalue weighted by Crippen LogP contribution is -2.16. The van der Waals surface area contributed by atoms with E-state index in [1.54, 1.807) is 32.0 Å². The van der Waals surface area contributed by atoms with Crippen LogP contribution >= 0.6 is 11.3 Å². The number of nitrogens with one attached hydrogen (secondary N) is 2. The van der Waals surface area contributed by atoms with Crippen molar-refractivity contribution in [3.63, 3.8) is 0 Å². The minimum absolute atomic E-state index is 0.129. The molecule has 184 valence electrons. The van der Waals surface area contributed by atoms with Gasteiger partial charge < -0.3 is 24.8 Å². The third kappa shape index (κ3) is 5.46. The minimum Gasteiger partial charge on any atom is -0.496 e. The molecule has 3 aromatic rings. The number of amides is 2. The predicted octanol–water partition coefficient (Wildman–Crippen LogP) is 5.37. The molecule has 2 amide bonds. The molecule has 0 atom stereocenters. The van der Waals surface area contributed by atoms with Crippen molar-refractivity contribution in [2.75, 3.05) is 31.5 Å². The zero-order chi connectivity index (χ0) is 25.7. The first kappa shape index (κ1) is 25.8. The standard InChI is InChI=1S/C26H28N2O6S/c1-7-34-26(31)20-16(4)22(24(30)27-17-12-11-14(2)13-15(17)3)35-25(20)28-23(29)21-18(32-5)9-8-10-19(21)33-6/h8-13H,7H2,1-6H3,(H,27,30)(H,28,29). The molecule has 0 saturated carbocycles. The summed E-state index contributed by atoms with van der Waals surface area (Å²) in [7, 11) is 2.89. The molecule has 0 unspecified atom stereocenters. The Morgan fingerprint density at radius 2 is 1.54 bits per heavy atom. The third-order valence-electron chi connectivity index (χ3n) is 5.34. The van der Waals surface area contributed by atoms with E-state index in [1.807, 2.05) is 32.0 Å². The Morgan fingerprint density at radius 1 is 0.886 bits per heavy atom. The molecule has 0 aliphatic carbocycles.